The van der Waals surface area contributed by atoms with Crippen LogP contribution in [0.3, 0.4) is 0 Å². The molecule has 0 aliphatic carbocycles. The van der Waals surface area contributed by atoms with Crippen LogP contribution in [-0.4, -0.2) is 44.5 Å². The molecule has 0 radical (unpaired) electrons. The highest BCUT2D eigenvalue weighted by Crippen LogP contribution is 2.32. The number of carbonyl (C=O) groups is 1. The molecule has 150 valence electrons. The fraction of sp³-hybridized carbons (Fsp3) is 0.316. The van der Waals surface area contributed by atoms with Gasteiger partial charge in [-0.25, -0.2) is 8.42 Å². The van der Waals surface area contributed by atoms with Gasteiger partial charge in [-0.2, -0.15) is 4.31 Å². The molecule has 2 aromatic carbocycles. The summed E-state index contributed by atoms with van der Waals surface area (Å²) in [6, 6.07) is 12.6. The number of halogens is 2. The van der Waals surface area contributed by atoms with Gasteiger partial charge >= 0.3 is 5.97 Å². The second-order valence-electron chi connectivity index (χ2n) is 6.34. The number of rotatable bonds is 6. The van der Waals surface area contributed by atoms with Gasteiger partial charge in [0.05, 0.1) is 34.8 Å². The predicted molar refractivity (Wildman–Crippen MR) is 106 cm³/mol. The lowest BCUT2D eigenvalue weighted by atomic mass is 10.2. The predicted octanol–water partition coefficient (Wildman–Crippen LogP) is 3.51. The first-order valence-corrected chi connectivity index (χ1v) is 10.7. The lowest BCUT2D eigenvalue weighted by molar-refractivity contribution is -0.144. The number of nitrogens with zero attached hydrogens (tertiary/aromatic N) is 1. The molecule has 1 saturated heterocycles. The molecule has 0 spiro atoms. The van der Waals surface area contributed by atoms with Crippen LogP contribution in [0.15, 0.2) is 53.4 Å². The number of benzene rings is 2. The monoisotopic (exact) mass is 443 g/mol. The topological polar surface area (TPSA) is 72.9 Å². The third kappa shape index (κ3) is 4.50. The average Bonchev–Trinajstić information content (AvgIpc) is 3.14. The number of sulfonamides is 1. The third-order valence-electron chi connectivity index (χ3n) is 4.52. The molecular formula is C19H19Cl2NO5S. The van der Waals surface area contributed by atoms with Crippen molar-refractivity contribution >= 4 is 39.2 Å². The summed E-state index contributed by atoms with van der Waals surface area (Å²) in [7, 11) is -2.76. The molecule has 2 aromatic rings. The second kappa shape index (κ2) is 8.80. The molecule has 0 aromatic heterocycles. The quantitative estimate of drug-likeness (QED) is 0.638. The highest BCUT2D eigenvalue weighted by atomic mass is 35.5. The molecule has 0 N–H and O–H groups in total. The number of hydrogen-bond donors (Lipinski definition) is 0. The van der Waals surface area contributed by atoms with E-state index >= 15 is 0 Å². The molecular weight excluding hydrogens is 425 g/mol. The lowest BCUT2D eigenvalue weighted by Gasteiger charge is -2.22. The summed E-state index contributed by atoms with van der Waals surface area (Å²) in [6.07, 6.45) is -0.234. The van der Waals surface area contributed by atoms with Crippen molar-refractivity contribution in [2.45, 2.75) is 30.1 Å². The summed E-state index contributed by atoms with van der Waals surface area (Å²) >= 11 is 11.8. The Morgan fingerprint density at radius 3 is 2.50 bits per heavy atom. The van der Waals surface area contributed by atoms with E-state index in [1.54, 1.807) is 0 Å². The molecule has 9 heteroatoms. The van der Waals surface area contributed by atoms with Crippen molar-refractivity contribution in [2.24, 2.45) is 0 Å². The molecule has 0 amide bonds. The van der Waals surface area contributed by atoms with Crippen LogP contribution in [0.5, 0.6) is 0 Å². The first kappa shape index (κ1) is 21.1. The van der Waals surface area contributed by atoms with E-state index in [0.29, 0.717) is 6.61 Å². The Bertz CT molecular complexity index is 952. The largest absolute Gasteiger partial charge is 0.468 e. The van der Waals surface area contributed by atoms with Gasteiger partial charge in [0, 0.05) is 13.0 Å². The summed E-state index contributed by atoms with van der Waals surface area (Å²) < 4.78 is 38.0. The molecule has 3 rings (SSSR count). The molecule has 0 saturated carbocycles. The zero-order valence-corrected chi connectivity index (χ0v) is 17.4. The maximum absolute atomic E-state index is 13.1. The van der Waals surface area contributed by atoms with E-state index in [2.05, 4.69) is 0 Å². The molecule has 6 nitrogen and oxygen atoms in total. The van der Waals surface area contributed by atoms with E-state index < -0.39 is 28.1 Å². The minimum atomic E-state index is -3.99. The Morgan fingerprint density at radius 1 is 1.14 bits per heavy atom. The Balaban J connectivity index is 1.82. The van der Waals surface area contributed by atoms with Crippen LogP contribution < -0.4 is 0 Å². The Kier molecular flexibility index (Phi) is 6.62. The van der Waals surface area contributed by atoms with Crippen LogP contribution in [0.4, 0.5) is 0 Å². The van der Waals surface area contributed by atoms with Gasteiger partial charge in [0.15, 0.2) is 0 Å². The molecule has 1 aliphatic heterocycles. The number of carbonyl (C=O) groups excluding carboxylic acids is 1. The van der Waals surface area contributed by atoms with Crippen LogP contribution in [0.2, 0.25) is 10.0 Å². The van der Waals surface area contributed by atoms with E-state index in [1.165, 1.54) is 25.3 Å². The Labute approximate surface area is 174 Å². The van der Waals surface area contributed by atoms with Gasteiger partial charge in [-0.05, 0) is 23.8 Å². The van der Waals surface area contributed by atoms with Crippen molar-refractivity contribution in [2.75, 3.05) is 13.7 Å². The first-order valence-electron chi connectivity index (χ1n) is 8.53. The molecule has 1 fully saturated rings. The lowest BCUT2D eigenvalue weighted by Crippen LogP contribution is -2.41. The van der Waals surface area contributed by atoms with Gasteiger partial charge in [0.1, 0.15) is 6.04 Å². The van der Waals surface area contributed by atoms with E-state index in [0.717, 1.165) is 9.87 Å². The highest BCUT2D eigenvalue weighted by Gasteiger charge is 2.45. The maximum atomic E-state index is 13.1. The highest BCUT2D eigenvalue weighted by molar-refractivity contribution is 7.89. The summed E-state index contributed by atoms with van der Waals surface area (Å²) in [5, 5.41) is 0.365. The van der Waals surface area contributed by atoms with Crippen LogP contribution in [0.25, 0.3) is 0 Å². The second-order valence-corrected chi connectivity index (χ2v) is 9.05. The summed E-state index contributed by atoms with van der Waals surface area (Å²) in [6.45, 7) is 0.356. The van der Waals surface area contributed by atoms with Crippen molar-refractivity contribution in [3.05, 3.63) is 64.1 Å². The number of ether oxygens (including phenoxy) is 2. The van der Waals surface area contributed by atoms with E-state index in [-0.39, 0.29) is 27.9 Å². The first-order chi connectivity index (χ1) is 13.3. The molecule has 0 unspecified atom stereocenters. The van der Waals surface area contributed by atoms with Crippen molar-refractivity contribution in [3.8, 4) is 0 Å². The minimum Gasteiger partial charge on any atom is -0.468 e. The molecule has 28 heavy (non-hydrogen) atoms. The van der Waals surface area contributed by atoms with Gasteiger partial charge in [0.2, 0.25) is 10.0 Å². The van der Waals surface area contributed by atoms with Gasteiger partial charge in [-0.15, -0.1) is 0 Å². The van der Waals surface area contributed by atoms with E-state index in [1.807, 2.05) is 30.3 Å². The van der Waals surface area contributed by atoms with Crippen molar-refractivity contribution in [3.63, 3.8) is 0 Å². The summed E-state index contributed by atoms with van der Waals surface area (Å²) in [5.41, 5.74) is 0.961. The van der Waals surface area contributed by atoms with Gasteiger partial charge in [0.25, 0.3) is 0 Å². The Morgan fingerprint density at radius 2 is 1.86 bits per heavy atom. The van der Waals surface area contributed by atoms with E-state index in [4.69, 9.17) is 32.7 Å². The summed E-state index contributed by atoms with van der Waals surface area (Å²) in [4.78, 5) is 12.2. The van der Waals surface area contributed by atoms with Crippen LogP contribution in [-0.2, 0) is 30.9 Å². The standard InChI is InChI=1S/C19H19Cl2NO5S/c1-26-19(23)18-9-14(27-12-13-5-3-2-4-6-13)11-22(18)28(24,25)15-7-8-16(20)17(21)10-15/h2-8,10,14,18H,9,11-12H2,1H3/t14-,18-/m1/s1. The zero-order chi connectivity index (χ0) is 20.3. The minimum absolute atomic E-state index is 0.0369. The number of methoxy groups -OCH3 is 1. The smallest absolute Gasteiger partial charge is 0.324 e. The molecule has 0 bridgehead atoms. The number of esters is 1. The van der Waals surface area contributed by atoms with Gasteiger partial charge < -0.3 is 9.47 Å². The normalized spacial score (nSPS) is 20.2. The maximum Gasteiger partial charge on any atom is 0.324 e. The molecule has 1 aliphatic rings. The SMILES string of the molecule is COC(=O)[C@H]1C[C@@H](OCc2ccccc2)CN1S(=O)(=O)c1ccc(Cl)c(Cl)c1. The number of hydrogen-bond acceptors (Lipinski definition) is 5. The fourth-order valence-electron chi connectivity index (χ4n) is 3.07. The Hall–Kier alpha value is -1.64. The molecule has 2 atom stereocenters. The van der Waals surface area contributed by atoms with Crippen molar-refractivity contribution < 1.29 is 22.7 Å². The average molecular weight is 444 g/mol. The third-order valence-corrected chi connectivity index (χ3v) is 7.13. The van der Waals surface area contributed by atoms with Crippen LogP contribution in [0.1, 0.15) is 12.0 Å². The van der Waals surface area contributed by atoms with Crippen LogP contribution in [0, 0.1) is 0 Å². The fourth-order valence-corrected chi connectivity index (χ4v) is 5.08. The van der Waals surface area contributed by atoms with Gasteiger partial charge in [-0.1, -0.05) is 53.5 Å². The summed E-state index contributed by atoms with van der Waals surface area (Å²) in [5.74, 6) is -0.630. The zero-order valence-electron chi connectivity index (χ0n) is 15.0. The van der Waals surface area contributed by atoms with Crippen LogP contribution >= 0.6 is 23.2 Å². The van der Waals surface area contributed by atoms with Gasteiger partial charge in [-0.3, -0.25) is 4.79 Å². The van der Waals surface area contributed by atoms with E-state index in [9.17, 15) is 13.2 Å². The molecule has 1 heterocycles. The van der Waals surface area contributed by atoms with Crippen molar-refractivity contribution in [1.82, 2.24) is 4.31 Å². The van der Waals surface area contributed by atoms with Crippen molar-refractivity contribution in [1.29, 1.82) is 0 Å².